The highest BCUT2D eigenvalue weighted by Gasteiger charge is 2.22. The minimum absolute atomic E-state index is 0.0933. The van der Waals surface area contributed by atoms with Gasteiger partial charge in [0.25, 0.3) is 0 Å². The van der Waals surface area contributed by atoms with E-state index in [0.29, 0.717) is 116 Å². The molecule has 0 amide bonds. The number of hydrogen-bond donors (Lipinski definition) is 4. The first-order valence-corrected chi connectivity index (χ1v) is 37.2. The van der Waals surface area contributed by atoms with Crippen LogP contribution in [0.1, 0.15) is 242 Å². The van der Waals surface area contributed by atoms with Gasteiger partial charge in [-0.2, -0.15) is 0 Å². The molecule has 20 heteroatoms. The summed E-state index contributed by atoms with van der Waals surface area (Å²) < 4.78 is 27.6. The number of ether oxygens (including phenoxy) is 5. The smallest absolute Gasteiger partial charge is 0.306 e. The average molecular weight is 1280 g/mol. The summed E-state index contributed by atoms with van der Waals surface area (Å²) in [5, 5.41) is 44.2. The summed E-state index contributed by atoms with van der Waals surface area (Å²) in [5.41, 5.74) is 0. The lowest BCUT2D eigenvalue weighted by Crippen LogP contribution is -2.47. The predicted octanol–water partition coefficient (Wildman–Crippen LogP) is 11.2. The van der Waals surface area contributed by atoms with Gasteiger partial charge in [0.15, 0.2) is 0 Å². The summed E-state index contributed by atoms with van der Waals surface area (Å²) in [4.78, 5) is 70.9. The third-order valence-corrected chi connectivity index (χ3v) is 19.5. The Morgan fingerprint density at radius 2 is 0.736 bits per heavy atom. The Kier molecular flexibility index (Phi) is 52.7. The van der Waals surface area contributed by atoms with Crippen molar-refractivity contribution in [1.29, 1.82) is 0 Å². The molecule has 18 nitrogen and oxygen atoms in total. The lowest BCUT2D eigenvalue weighted by molar-refractivity contribution is -0.150. The maximum Gasteiger partial charge on any atom is 0.306 e. The lowest BCUT2D eigenvalue weighted by atomic mass is 10.1. The zero-order valence-electron chi connectivity index (χ0n) is 56.1. The number of aliphatic hydroxyl groups is 4. The van der Waals surface area contributed by atoms with E-state index in [1.54, 1.807) is 0 Å². The number of rotatable bonds is 59. The van der Waals surface area contributed by atoms with Crippen LogP contribution in [0.5, 0.6) is 0 Å². The molecule has 512 valence electrons. The van der Waals surface area contributed by atoms with E-state index in [9.17, 15) is 44.4 Å². The van der Waals surface area contributed by atoms with Gasteiger partial charge in [-0.3, -0.25) is 43.6 Å². The standard InChI is InChI=1S/C67H128N4O14S2/c1-9-55(10-2)53-82-64(77)33-23-19-17-21-29-57(72)49-71(50-58(73)30-22-18-20-24-34-65(78)83-54-56(11-3)12-4)39-28-47-86-87-48-45-69-42-40-68(41-43-69)44-46-81-63(76)37-27-38-70(51-59(74)31-25-35-66(79)84-61(13-5)14-6)52-60(75)32-26-36-67(80)85-62(15-7)16-8/h55-62,72-75H,9-54H2,1-8H3. The van der Waals surface area contributed by atoms with Crippen LogP contribution in [0.25, 0.3) is 0 Å². The summed E-state index contributed by atoms with van der Waals surface area (Å²) in [7, 11) is 3.77. The SMILES string of the molecule is CCC(CC)COC(=O)CCCCCCC(O)CN(CCCSSCCN1CCN(CCOC(=O)CCCN(CC(O)CCCC(=O)OC(CC)CC)CC(O)CCCC(=O)OC(CC)CC)CC1)CC(O)CCCCCCC(=O)OCC(CC)CC. The van der Waals surface area contributed by atoms with E-state index >= 15 is 0 Å². The number of hydrogen-bond acceptors (Lipinski definition) is 20. The largest absolute Gasteiger partial charge is 0.465 e. The molecule has 0 aromatic heterocycles. The summed E-state index contributed by atoms with van der Waals surface area (Å²) in [6.07, 6.45) is 17.8. The molecule has 4 atom stereocenters. The Hall–Kier alpha value is -2.27. The van der Waals surface area contributed by atoms with E-state index < -0.39 is 24.4 Å². The molecule has 1 fully saturated rings. The fourth-order valence-electron chi connectivity index (χ4n) is 10.7. The Balaban J connectivity index is 2.51. The van der Waals surface area contributed by atoms with Gasteiger partial charge in [0.05, 0.1) is 37.6 Å². The first kappa shape index (κ1) is 82.7. The molecule has 0 aromatic rings. The molecular weight excluding hydrogens is 1150 g/mol. The maximum absolute atomic E-state index is 12.9. The quantitative estimate of drug-likeness (QED) is 0.0192. The Morgan fingerprint density at radius 3 is 1.15 bits per heavy atom. The molecule has 1 aliphatic rings. The van der Waals surface area contributed by atoms with Crippen molar-refractivity contribution in [3.05, 3.63) is 0 Å². The molecule has 0 spiro atoms. The highest BCUT2D eigenvalue weighted by molar-refractivity contribution is 8.76. The van der Waals surface area contributed by atoms with Crippen LogP contribution in [0.15, 0.2) is 0 Å². The predicted molar refractivity (Wildman–Crippen MR) is 354 cm³/mol. The summed E-state index contributed by atoms with van der Waals surface area (Å²) in [6, 6.07) is 0. The van der Waals surface area contributed by atoms with Crippen LogP contribution >= 0.6 is 21.6 Å². The van der Waals surface area contributed by atoms with Gasteiger partial charge < -0.3 is 44.1 Å². The highest BCUT2D eigenvalue weighted by atomic mass is 33.1. The average Bonchev–Trinajstić information content (AvgIpc) is 3.61. The van der Waals surface area contributed by atoms with Crippen LogP contribution in [-0.2, 0) is 47.7 Å². The number of nitrogens with zero attached hydrogens (tertiary/aromatic N) is 4. The Labute approximate surface area is 536 Å². The van der Waals surface area contributed by atoms with E-state index in [1.807, 2.05) is 54.2 Å². The molecular formula is C67H128N4O14S2. The van der Waals surface area contributed by atoms with Gasteiger partial charge >= 0.3 is 29.8 Å². The number of esters is 5. The van der Waals surface area contributed by atoms with E-state index in [1.165, 1.54) is 0 Å². The zero-order valence-corrected chi connectivity index (χ0v) is 57.8. The second-order valence-electron chi connectivity index (χ2n) is 24.4. The molecule has 1 rings (SSSR count). The van der Waals surface area contributed by atoms with Gasteiger partial charge in [-0.15, -0.1) is 0 Å². The molecule has 1 saturated heterocycles. The van der Waals surface area contributed by atoms with Crippen molar-refractivity contribution < 1.29 is 68.1 Å². The van der Waals surface area contributed by atoms with Crippen molar-refractivity contribution in [2.24, 2.45) is 11.8 Å². The summed E-state index contributed by atoms with van der Waals surface area (Å²) in [5.74, 6) is 1.83. The molecule has 4 N–H and O–H groups in total. The first-order chi connectivity index (χ1) is 42.0. The fraction of sp³-hybridized carbons (Fsp3) is 0.925. The Morgan fingerprint density at radius 1 is 0.391 bits per heavy atom. The first-order valence-electron chi connectivity index (χ1n) is 34.7. The van der Waals surface area contributed by atoms with E-state index in [2.05, 4.69) is 42.4 Å². The second kappa shape index (κ2) is 55.4. The third kappa shape index (κ3) is 46.5. The maximum atomic E-state index is 12.9. The molecule has 0 radical (unpaired) electrons. The fourth-order valence-corrected chi connectivity index (χ4v) is 12.8. The normalized spacial score (nSPS) is 14.8. The van der Waals surface area contributed by atoms with Crippen LogP contribution in [0, 0.1) is 11.8 Å². The topological polar surface area (TPSA) is 225 Å². The number of unbranched alkanes of at least 4 members (excludes halogenated alkanes) is 6. The number of carbonyl (C=O) groups is 5. The highest BCUT2D eigenvalue weighted by Crippen LogP contribution is 2.23. The van der Waals surface area contributed by atoms with Gasteiger partial charge in [-0.1, -0.05) is 141 Å². The summed E-state index contributed by atoms with van der Waals surface area (Å²) in [6.45, 7) is 26.1. The Bertz CT molecular complexity index is 1600. The van der Waals surface area contributed by atoms with E-state index in [0.717, 1.165) is 160 Å². The molecule has 0 saturated carbocycles. The number of piperazine rings is 1. The number of aliphatic hydroxyl groups excluding tert-OH is 4. The lowest BCUT2D eigenvalue weighted by Gasteiger charge is -2.34. The van der Waals surface area contributed by atoms with Gasteiger partial charge in [0.1, 0.15) is 18.8 Å². The molecule has 4 unspecified atom stereocenters. The van der Waals surface area contributed by atoms with Gasteiger partial charge in [-0.05, 0) is 115 Å². The van der Waals surface area contributed by atoms with Crippen LogP contribution in [0.3, 0.4) is 0 Å². The number of carbonyl (C=O) groups excluding carboxylic acids is 5. The van der Waals surface area contributed by atoms with Crippen LogP contribution in [-0.4, -0.2) is 216 Å². The van der Waals surface area contributed by atoms with Gasteiger partial charge in [-0.25, -0.2) is 0 Å². The van der Waals surface area contributed by atoms with Gasteiger partial charge in [0.2, 0.25) is 0 Å². The van der Waals surface area contributed by atoms with Crippen molar-refractivity contribution in [3.63, 3.8) is 0 Å². The molecule has 0 aromatic carbocycles. The van der Waals surface area contributed by atoms with Crippen molar-refractivity contribution in [1.82, 2.24) is 19.6 Å². The monoisotopic (exact) mass is 1280 g/mol. The summed E-state index contributed by atoms with van der Waals surface area (Å²) >= 11 is 0. The van der Waals surface area contributed by atoms with Crippen LogP contribution in [0.4, 0.5) is 0 Å². The van der Waals surface area contributed by atoms with Crippen molar-refractivity contribution in [2.75, 3.05) is 110 Å². The molecule has 0 bridgehead atoms. The molecule has 1 aliphatic heterocycles. The van der Waals surface area contributed by atoms with Crippen molar-refractivity contribution in [3.8, 4) is 0 Å². The van der Waals surface area contributed by atoms with Crippen molar-refractivity contribution >= 4 is 51.4 Å². The third-order valence-electron chi connectivity index (χ3n) is 17.0. The van der Waals surface area contributed by atoms with Gasteiger partial charge in [0, 0.05) is 109 Å². The molecule has 87 heavy (non-hydrogen) atoms. The van der Waals surface area contributed by atoms with Crippen LogP contribution in [0.2, 0.25) is 0 Å². The van der Waals surface area contributed by atoms with Crippen molar-refractivity contribution in [2.45, 2.75) is 278 Å². The zero-order chi connectivity index (χ0) is 64.3. The minimum atomic E-state index is -0.728. The van der Waals surface area contributed by atoms with E-state index in [-0.39, 0.29) is 74.4 Å². The molecule has 1 heterocycles. The minimum Gasteiger partial charge on any atom is -0.465 e. The van der Waals surface area contributed by atoms with E-state index in [4.69, 9.17) is 23.7 Å². The molecule has 0 aliphatic carbocycles. The second-order valence-corrected chi connectivity index (χ2v) is 27.1. The van der Waals surface area contributed by atoms with Crippen LogP contribution < -0.4 is 0 Å².